The maximum Gasteiger partial charge on any atom is 0.231 e. The molecule has 136 valence electrons. The number of nitrogens with zero attached hydrogens (tertiary/aromatic N) is 1. The van der Waals surface area contributed by atoms with Gasteiger partial charge in [0.25, 0.3) is 0 Å². The summed E-state index contributed by atoms with van der Waals surface area (Å²) in [5.41, 5.74) is 2.13. The number of hydrogen-bond donors (Lipinski definition) is 1. The van der Waals surface area contributed by atoms with Crippen molar-refractivity contribution in [1.29, 1.82) is 0 Å². The minimum absolute atomic E-state index is 0.0254. The standard InChI is InChI=1S/C20H15FN2O4/c1-25-14-4-5-15(16(21)10-14)18(24)6-3-13-9-17(23-22-13)12-2-7-19-20(8-12)27-11-26-19/h2-10H,11H2,1H3,(H,22,23). The van der Waals surface area contributed by atoms with Gasteiger partial charge in [0.05, 0.1) is 24.1 Å². The number of methoxy groups -OCH3 is 1. The van der Waals surface area contributed by atoms with E-state index in [1.54, 1.807) is 12.1 Å². The molecule has 0 fully saturated rings. The maximum absolute atomic E-state index is 14.0. The number of hydrogen-bond acceptors (Lipinski definition) is 5. The van der Waals surface area contributed by atoms with E-state index in [1.165, 1.54) is 31.4 Å². The molecule has 1 aliphatic rings. The molecule has 7 heteroatoms. The van der Waals surface area contributed by atoms with Gasteiger partial charge < -0.3 is 14.2 Å². The van der Waals surface area contributed by atoms with E-state index in [0.717, 1.165) is 5.56 Å². The lowest BCUT2D eigenvalue weighted by molar-refractivity contribution is 0.104. The number of nitrogens with one attached hydrogen (secondary N) is 1. The number of ether oxygens (including phenoxy) is 3. The monoisotopic (exact) mass is 366 g/mol. The summed E-state index contributed by atoms with van der Waals surface area (Å²) in [5, 5.41) is 7.07. The number of ketones is 1. The van der Waals surface area contributed by atoms with Crippen LogP contribution in [0.2, 0.25) is 0 Å². The Morgan fingerprint density at radius 3 is 2.85 bits per heavy atom. The summed E-state index contributed by atoms with van der Waals surface area (Å²) in [4.78, 5) is 12.2. The Hall–Kier alpha value is -3.61. The van der Waals surface area contributed by atoms with E-state index in [-0.39, 0.29) is 12.4 Å². The Bertz CT molecular complexity index is 1040. The molecule has 6 nitrogen and oxygen atoms in total. The van der Waals surface area contributed by atoms with Gasteiger partial charge in [-0.1, -0.05) is 0 Å². The van der Waals surface area contributed by atoms with Crippen molar-refractivity contribution in [3.8, 4) is 28.5 Å². The first-order valence-corrected chi connectivity index (χ1v) is 8.15. The van der Waals surface area contributed by atoms with Crippen molar-refractivity contribution in [2.24, 2.45) is 0 Å². The number of fused-ring (bicyclic) bond motifs is 1. The highest BCUT2D eigenvalue weighted by Gasteiger charge is 2.15. The summed E-state index contributed by atoms with van der Waals surface area (Å²) in [7, 11) is 1.44. The molecule has 0 saturated carbocycles. The van der Waals surface area contributed by atoms with Crippen LogP contribution in [0, 0.1) is 5.82 Å². The number of carbonyl (C=O) groups is 1. The number of benzene rings is 2. The molecular weight excluding hydrogens is 351 g/mol. The lowest BCUT2D eigenvalue weighted by Gasteiger charge is -2.02. The highest BCUT2D eigenvalue weighted by atomic mass is 19.1. The van der Waals surface area contributed by atoms with Crippen molar-refractivity contribution in [1.82, 2.24) is 10.2 Å². The quantitative estimate of drug-likeness (QED) is 0.548. The molecule has 0 saturated heterocycles. The van der Waals surface area contributed by atoms with Crippen molar-refractivity contribution < 1.29 is 23.4 Å². The molecule has 0 atom stereocenters. The molecule has 1 N–H and O–H groups in total. The third-order valence-corrected chi connectivity index (χ3v) is 4.12. The molecule has 0 aliphatic carbocycles. The van der Waals surface area contributed by atoms with E-state index < -0.39 is 11.6 Å². The van der Waals surface area contributed by atoms with Crippen molar-refractivity contribution in [2.75, 3.05) is 13.9 Å². The molecule has 1 aromatic heterocycles. The van der Waals surface area contributed by atoms with E-state index >= 15 is 0 Å². The van der Waals surface area contributed by atoms with Crippen molar-refractivity contribution in [3.05, 3.63) is 65.6 Å². The molecule has 1 aliphatic heterocycles. The maximum atomic E-state index is 14.0. The Morgan fingerprint density at radius 2 is 2.04 bits per heavy atom. The first-order valence-electron chi connectivity index (χ1n) is 8.15. The van der Waals surface area contributed by atoms with Gasteiger partial charge in [-0.15, -0.1) is 0 Å². The minimum Gasteiger partial charge on any atom is -0.497 e. The summed E-state index contributed by atoms with van der Waals surface area (Å²) in [6.07, 6.45) is 2.84. The van der Waals surface area contributed by atoms with Crippen LogP contribution in [-0.4, -0.2) is 29.9 Å². The molecule has 3 aromatic rings. The second-order valence-corrected chi connectivity index (χ2v) is 5.82. The first-order chi connectivity index (χ1) is 13.1. The zero-order valence-electron chi connectivity index (χ0n) is 14.4. The van der Waals surface area contributed by atoms with Crippen LogP contribution in [0.5, 0.6) is 17.2 Å². The number of allylic oxidation sites excluding steroid dienone is 1. The van der Waals surface area contributed by atoms with E-state index in [0.29, 0.717) is 28.6 Å². The average Bonchev–Trinajstić information content (AvgIpc) is 3.34. The van der Waals surface area contributed by atoms with E-state index in [2.05, 4.69) is 10.2 Å². The summed E-state index contributed by atoms with van der Waals surface area (Å²) in [6.45, 7) is 0.206. The molecule has 4 rings (SSSR count). The van der Waals surface area contributed by atoms with Gasteiger partial charge in [0.1, 0.15) is 11.6 Å². The van der Waals surface area contributed by atoms with Gasteiger partial charge in [0.15, 0.2) is 17.3 Å². The third kappa shape index (κ3) is 3.39. The highest BCUT2D eigenvalue weighted by molar-refractivity contribution is 6.07. The van der Waals surface area contributed by atoms with Gasteiger partial charge in [-0.3, -0.25) is 9.89 Å². The number of rotatable bonds is 5. The predicted molar refractivity (Wildman–Crippen MR) is 96.5 cm³/mol. The lowest BCUT2D eigenvalue weighted by Crippen LogP contribution is -1.99. The van der Waals surface area contributed by atoms with Gasteiger partial charge in [-0.05, 0) is 48.6 Å². The second-order valence-electron chi connectivity index (χ2n) is 5.82. The number of carbonyl (C=O) groups excluding carboxylic acids is 1. The van der Waals surface area contributed by atoms with Gasteiger partial charge in [0, 0.05) is 11.6 Å². The number of aromatic amines is 1. The fourth-order valence-electron chi connectivity index (χ4n) is 2.70. The van der Waals surface area contributed by atoms with Gasteiger partial charge in [-0.25, -0.2) is 4.39 Å². The molecule has 2 aromatic carbocycles. The van der Waals surface area contributed by atoms with Gasteiger partial charge in [0.2, 0.25) is 6.79 Å². The van der Waals surface area contributed by atoms with Crippen LogP contribution in [0.3, 0.4) is 0 Å². The van der Waals surface area contributed by atoms with Crippen LogP contribution >= 0.6 is 0 Å². The molecule has 27 heavy (non-hydrogen) atoms. The normalized spacial score (nSPS) is 12.5. The Labute approximate surface area is 154 Å². The van der Waals surface area contributed by atoms with Gasteiger partial charge in [-0.2, -0.15) is 5.10 Å². The fourth-order valence-corrected chi connectivity index (χ4v) is 2.70. The fraction of sp³-hybridized carbons (Fsp3) is 0.100. The van der Waals surface area contributed by atoms with Crippen LogP contribution in [-0.2, 0) is 0 Å². The number of aromatic nitrogens is 2. The Morgan fingerprint density at radius 1 is 1.19 bits per heavy atom. The number of halogens is 1. The second kappa shape index (κ2) is 6.95. The van der Waals surface area contributed by atoms with Crippen LogP contribution in [0.15, 0.2) is 48.5 Å². The minimum atomic E-state index is -0.630. The summed E-state index contributed by atoms with van der Waals surface area (Å²) < 4.78 is 29.6. The van der Waals surface area contributed by atoms with Crippen LogP contribution in [0.25, 0.3) is 17.3 Å². The summed E-state index contributed by atoms with van der Waals surface area (Å²) >= 11 is 0. The van der Waals surface area contributed by atoms with E-state index in [9.17, 15) is 9.18 Å². The zero-order chi connectivity index (χ0) is 18.8. The molecule has 0 bridgehead atoms. The SMILES string of the molecule is COc1ccc(C(=O)C=Cc2cc(-c3ccc4c(c3)OCO4)n[nH]2)c(F)c1. The Balaban J connectivity index is 1.51. The largest absolute Gasteiger partial charge is 0.497 e. The predicted octanol–water partition coefficient (Wildman–Crippen LogP) is 3.85. The van der Waals surface area contributed by atoms with Gasteiger partial charge >= 0.3 is 0 Å². The highest BCUT2D eigenvalue weighted by Crippen LogP contribution is 2.35. The van der Waals surface area contributed by atoms with Crippen LogP contribution in [0.1, 0.15) is 16.1 Å². The molecule has 0 amide bonds. The molecular formula is C20H15FN2O4. The molecule has 0 spiro atoms. The van der Waals surface area contributed by atoms with Crippen molar-refractivity contribution >= 4 is 11.9 Å². The first kappa shape index (κ1) is 16.8. The smallest absolute Gasteiger partial charge is 0.231 e. The molecule has 0 unspecified atom stereocenters. The topological polar surface area (TPSA) is 73.4 Å². The lowest BCUT2D eigenvalue weighted by atomic mass is 10.1. The van der Waals surface area contributed by atoms with Crippen molar-refractivity contribution in [2.45, 2.75) is 0 Å². The van der Waals surface area contributed by atoms with Crippen LogP contribution in [0.4, 0.5) is 4.39 Å². The van der Waals surface area contributed by atoms with E-state index in [4.69, 9.17) is 14.2 Å². The van der Waals surface area contributed by atoms with E-state index in [1.807, 2.05) is 18.2 Å². The molecule has 2 heterocycles. The average molecular weight is 366 g/mol. The summed E-state index contributed by atoms with van der Waals surface area (Å²) in [6, 6.07) is 11.4. The third-order valence-electron chi connectivity index (χ3n) is 4.12. The Kier molecular flexibility index (Phi) is 4.33. The zero-order valence-corrected chi connectivity index (χ0v) is 14.4. The van der Waals surface area contributed by atoms with Crippen molar-refractivity contribution in [3.63, 3.8) is 0 Å². The molecule has 0 radical (unpaired) electrons. The number of H-pyrrole nitrogens is 1. The summed E-state index contributed by atoms with van der Waals surface area (Å²) in [5.74, 6) is 0.637. The van der Waals surface area contributed by atoms with Crippen LogP contribution < -0.4 is 14.2 Å².